The molecule has 0 radical (unpaired) electrons. The van der Waals surface area contributed by atoms with Crippen molar-refractivity contribution in [3.05, 3.63) is 35.9 Å². The Morgan fingerprint density at radius 2 is 1.02 bits per heavy atom. The second-order valence-corrected chi connectivity index (χ2v) is 14.7. The molecule has 0 aliphatic rings. The van der Waals surface area contributed by atoms with E-state index in [2.05, 4.69) is 6.92 Å². The smallest absolute Gasteiger partial charge is 0.460 e. The lowest BCUT2D eigenvalue weighted by Gasteiger charge is -2.42. The van der Waals surface area contributed by atoms with Crippen LogP contribution in [0.1, 0.15) is 89.5 Å². The summed E-state index contributed by atoms with van der Waals surface area (Å²) in [5.41, 5.74) is 0.576. The number of thioether (sulfide) groups is 1. The molecule has 0 amide bonds. The molecule has 1 aromatic rings. The molecule has 56 heavy (non-hydrogen) atoms. The number of carboxylic acid groups (broad SMARTS) is 1. The predicted molar refractivity (Wildman–Crippen MR) is 172 cm³/mol. The zero-order valence-corrected chi connectivity index (χ0v) is 30.8. The molecule has 22 heteroatoms. The highest BCUT2D eigenvalue weighted by Gasteiger charge is 2.95. The zero-order chi connectivity index (χ0) is 43.5. The van der Waals surface area contributed by atoms with Crippen molar-refractivity contribution in [3.8, 4) is 0 Å². The topological polar surface area (TPSA) is 54.4 Å². The highest BCUT2D eigenvalue weighted by Crippen LogP contribution is 2.64. The first-order chi connectivity index (χ1) is 25.4. The summed E-state index contributed by atoms with van der Waals surface area (Å²) < 4.78 is 231. The normalized spacial score (nSPS) is 15.2. The molecule has 0 saturated carbocycles. The zero-order valence-electron chi connectivity index (χ0n) is 30.0. The molecule has 4 nitrogen and oxygen atoms in total. The third-order valence-corrected chi connectivity index (χ3v) is 9.94. The number of nitrogens with zero attached hydrogens (tertiary/aromatic N) is 1. The number of hydrogen-bond acceptors (Lipinski definition) is 3. The first-order valence-corrected chi connectivity index (χ1v) is 18.4. The lowest BCUT2D eigenvalue weighted by Crippen LogP contribution is -2.74. The Labute approximate surface area is 316 Å². The molecule has 326 valence electrons. The van der Waals surface area contributed by atoms with E-state index in [0.717, 1.165) is 51.4 Å². The average molecular weight is 869 g/mol. The fourth-order valence-corrected chi connectivity index (χ4v) is 6.64. The van der Waals surface area contributed by atoms with Gasteiger partial charge in [0.1, 0.15) is 13.1 Å². The number of rotatable bonds is 27. The van der Waals surface area contributed by atoms with Gasteiger partial charge < -0.3 is 9.59 Å². The minimum atomic E-state index is -8.71. The van der Waals surface area contributed by atoms with Gasteiger partial charge in [0.05, 0.1) is 19.5 Å². The van der Waals surface area contributed by atoms with E-state index in [4.69, 9.17) is 0 Å². The molecular formula is C34H43F17NO3S+. The van der Waals surface area contributed by atoms with Crippen LogP contribution in [0, 0.1) is 0 Å². The Hall–Kier alpha value is -2.52. The van der Waals surface area contributed by atoms with Gasteiger partial charge >= 0.3 is 53.6 Å². The van der Waals surface area contributed by atoms with E-state index in [-0.39, 0.29) is 35.9 Å². The number of carbonyl (C=O) groups is 2. The summed E-state index contributed by atoms with van der Waals surface area (Å²) in [6.45, 7) is 1.30. The van der Waals surface area contributed by atoms with Gasteiger partial charge in [0, 0.05) is 17.7 Å². The van der Waals surface area contributed by atoms with Crippen LogP contribution in [0.2, 0.25) is 0 Å². The van der Waals surface area contributed by atoms with Gasteiger partial charge in [-0.1, -0.05) is 100 Å². The maximum absolute atomic E-state index is 14.5. The summed E-state index contributed by atoms with van der Waals surface area (Å²) in [7, 11) is 0. The average Bonchev–Trinajstić information content (AvgIpc) is 3.07. The molecule has 0 heterocycles. The lowest BCUT2D eigenvalue weighted by atomic mass is 9.88. The van der Waals surface area contributed by atoms with Crippen LogP contribution in [-0.2, 0) is 16.1 Å². The van der Waals surface area contributed by atoms with Crippen molar-refractivity contribution in [2.24, 2.45) is 0 Å². The van der Waals surface area contributed by atoms with Crippen molar-refractivity contribution in [2.75, 3.05) is 25.4 Å². The molecule has 0 aromatic heterocycles. The van der Waals surface area contributed by atoms with E-state index in [1.807, 2.05) is 0 Å². The molecule has 0 fully saturated rings. The third kappa shape index (κ3) is 12.0. The Bertz CT molecular complexity index is 1380. The standard InChI is InChI=1S/C34H42F17NO3S/c1-2-3-4-5-6-7-8-9-10-14-19-52(20-17-25(53)54,22-24-15-12-11-13-16-24)23-26(55)56-21-18-27(35,36)28(37,38)29(39,40)30(41,42)31(43,44)32(45,46)33(47,48)34(49,50)51/h11-13,15-16H,2-10,14,17-23H2,1H3/p+1. The number of benzene rings is 1. The third-order valence-electron chi connectivity index (χ3n) is 9.08. The number of carboxylic acids is 1. The van der Waals surface area contributed by atoms with Gasteiger partial charge in [0.15, 0.2) is 0 Å². The van der Waals surface area contributed by atoms with Gasteiger partial charge in [0.2, 0.25) is 5.12 Å². The number of halogens is 17. The van der Waals surface area contributed by atoms with Crippen LogP contribution in [-0.4, -0.2) is 93.7 Å². The van der Waals surface area contributed by atoms with E-state index < -0.39 is 83.9 Å². The van der Waals surface area contributed by atoms with E-state index in [0.29, 0.717) is 18.4 Å². The van der Waals surface area contributed by atoms with E-state index in [1.54, 1.807) is 30.3 Å². The van der Waals surface area contributed by atoms with Gasteiger partial charge in [-0.2, -0.15) is 74.6 Å². The van der Waals surface area contributed by atoms with E-state index >= 15 is 0 Å². The van der Waals surface area contributed by atoms with Gasteiger partial charge in [-0.15, -0.1) is 0 Å². The maximum Gasteiger partial charge on any atom is 0.460 e. The summed E-state index contributed by atoms with van der Waals surface area (Å²) in [5.74, 6) is -60.0. The molecule has 1 N–H and O–H groups in total. The van der Waals surface area contributed by atoms with Crippen LogP contribution in [0.3, 0.4) is 0 Å². The van der Waals surface area contributed by atoms with Gasteiger partial charge in [-0.25, -0.2) is 0 Å². The van der Waals surface area contributed by atoms with Crippen molar-refractivity contribution >= 4 is 22.8 Å². The second kappa shape index (κ2) is 20.0. The molecule has 1 atom stereocenters. The highest BCUT2D eigenvalue weighted by atomic mass is 32.2. The Morgan fingerprint density at radius 3 is 1.46 bits per heavy atom. The summed E-state index contributed by atoms with van der Waals surface area (Å²) in [5, 5.41) is 8.25. The number of quaternary nitrogens is 1. The molecule has 0 aliphatic carbocycles. The van der Waals surface area contributed by atoms with Crippen molar-refractivity contribution < 1.29 is 93.8 Å². The van der Waals surface area contributed by atoms with Gasteiger partial charge in [-0.05, 0) is 12.8 Å². The summed E-state index contributed by atoms with van der Waals surface area (Å²) in [6.07, 6.45) is -2.05. The minimum Gasteiger partial charge on any atom is -0.481 e. The Balaban J connectivity index is 3.22. The van der Waals surface area contributed by atoms with Gasteiger partial charge in [-0.3, -0.25) is 9.59 Å². The fourth-order valence-electron chi connectivity index (χ4n) is 5.69. The van der Waals surface area contributed by atoms with Crippen molar-refractivity contribution in [1.82, 2.24) is 0 Å². The molecule has 1 rings (SSSR count). The van der Waals surface area contributed by atoms with Gasteiger partial charge in [0.25, 0.3) is 0 Å². The Morgan fingerprint density at radius 1 is 0.589 bits per heavy atom. The first kappa shape index (κ1) is 51.5. The Kier molecular flexibility index (Phi) is 18.4. The van der Waals surface area contributed by atoms with Crippen molar-refractivity contribution in [3.63, 3.8) is 0 Å². The predicted octanol–water partition coefficient (Wildman–Crippen LogP) is 12.1. The van der Waals surface area contributed by atoms with Crippen LogP contribution >= 0.6 is 11.8 Å². The molecule has 0 aliphatic heterocycles. The van der Waals surface area contributed by atoms with Crippen LogP contribution in [0.5, 0.6) is 0 Å². The highest BCUT2D eigenvalue weighted by molar-refractivity contribution is 8.13. The maximum atomic E-state index is 14.5. The quantitative estimate of drug-likeness (QED) is 0.0544. The lowest BCUT2D eigenvalue weighted by molar-refractivity contribution is -0.933. The number of carbonyl (C=O) groups excluding carboxylic acids is 1. The molecule has 1 aromatic carbocycles. The SMILES string of the molecule is CCCCCCCCCCCC[N+](CCC(=O)O)(CC(=O)SCCC(F)(F)C(F)(F)C(F)(F)C(F)(F)C(F)(F)C(F)(F)C(F)(F)C(F)(F)F)Cc1ccccc1. The summed E-state index contributed by atoms with van der Waals surface area (Å²) in [6, 6.07) is 8.09. The largest absolute Gasteiger partial charge is 0.481 e. The van der Waals surface area contributed by atoms with E-state index in [1.165, 1.54) is 0 Å². The van der Waals surface area contributed by atoms with Crippen LogP contribution < -0.4 is 0 Å². The second-order valence-electron chi connectivity index (χ2n) is 13.5. The van der Waals surface area contributed by atoms with E-state index in [9.17, 15) is 89.3 Å². The minimum absolute atomic E-state index is 0.0143. The van der Waals surface area contributed by atoms with Crippen LogP contribution in [0.15, 0.2) is 30.3 Å². The molecule has 0 saturated heterocycles. The van der Waals surface area contributed by atoms with Crippen LogP contribution in [0.25, 0.3) is 0 Å². The molecule has 0 spiro atoms. The molecular weight excluding hydrogens is 825 g/mol. The number of aliphatic carboxylic acids is 1. The first-order valence-electron chi connectivity index (χ1n) is 17.4. The monoisotopic (exact) mass is 868 g/mol. The summed E-state index contributed by atoms with van der Waals surface area (Å²) in [4.78, 5) is 24.6. The van der Waals surface area contributed by atoms with Crippen molar-refractivity contribution in [1.29, 1.82) is 0 Å². The number of alkyl halides is 17. The number of hydrogen-bond donors (Lipinski definition) is 1. The van der Waals surface area contributed by atoms with Crippen LogP contribution in [0.4, 0.5) is 74.6 Å². The fraction of sp³-hybridized carbons (Fsp3) is 0.765. The van der Waals surface area contributed by atoms with Crippen molar-refractivity contribution in [2.45, 2.75) is 138 Å². The summed E-state index contributed by atoms with van der Waals surface area (Å²) >= 11 is -0.257. The molecule has 1 unspecified atom stereocenters. The number of unbranched alkanes of at least 4 members (excludes halogenated alkanes) is 9. The molecule has 0 bridgehead atoms.